The van der Waals surface area contributed by atoms with Crippen molar-refractivity contribution in [2.75, 3.05) is 53.6 Å². The highest BCUT2D eigenvalue weighted by atomic mass is 16.5. The Morgan fingerprint density at radius 1 is 1.00 bits per heavy atom. The van der Waals surface area contributed by atoms with Gasteiger partial charge in [0.2, 0.25) is 5.91 Å². The number of aliphatic hydroxyl groups is 1. The van der Waals surface area contributed by atoms with E-state index in [2.05, 4.69) is 17.0 Å². The number of aliphatic hydroxyl groups excluding tert-OH is 1. The molecule has 0 aliphatic carbocycles. The van der Waals surface area contributed by atoms with Gasteiger partial charge in [0.15, 0.2) is 11.5 Å². The first-order valence-corrected chi connectivity index (χ1v) is 12.9. The molecule has 2 aliphatic rings. The zero-order valence-corrected chi connectivity index (χ0v) is 21.4. The van der Waals surface area contributed by atoms with Crippen molar-refractivity contribution in [3.05, 3.63) is 59.7 Å². The van der Waals surface area contributed by atoms with E-state index in [0.717, 1.165) is 68.9 Å². The third-order valence-electron chi connectivity index (χ3n) is 7.11. The molecule has 7 nitrogen and oxygen atoms in total. The minimum Gasteiger partial charge on any atom is -0.493 e. The van der Waals surface area contributed by atoms with Crippen LogP contribution < -0.4 is 14.2 Å². The number of ether oxygens (including phenoxy) is 3. The van der Waals surface area contributed by atoms with E-state index in [1.54, 1.807) is 26.4 Å². The summed E-state index contributed by atoms with van der Waals surface area (Å²) in [4.78, 5) is 16.5. The molecule has 1 N–H and O–H groups in total. The number of β-amino-alcohol motifs (C(OH)–C–C–N with tert-alkyl or cyclic N) is 1. The first-order chi connectivity index (χ1) is 17.6. The van der Waals surface area contributed by atoms with Gasteiger partial charge in [-0.15, -0.1) is 0 Å². The normalized spacial score (nSPS) is 17.9. The number of nitrogens with zero attached hydrogens (tertiary/aromatic N) is 2. The fraction of sp³-hybridized carbons (Fsp3) is 0.483. The van der Waals surface area contributed by atoms with Gasteiger partial charge in [0, 0.05) is 31.3 Å². The van der Waals surface area contributed by atoms with Crippen molar-refractivity contribution in [3.63, 3.8) is 0 Å². The SMILES string of the molecule is COc1ccc(C2CCN(CC(O)COc3ccccc3C=CC(=O)N3CCCC3)CC2)cc1OC. The van der Waals surface area contributed by atoms with Gasteiger partial charge in [-0.1, -0.05) is 24.3 Å². The first-order valence-electron chi connectivity index (χ1n) is 12.9. The Kier molecular flexibility index (Phi) is 9.25. The molecule has 2 aromatic carbocycles. The van der Waals surface area contributed by atoms with Crippen molar-refractivity contribution in [3.8, 4) is 17.2 Å². The second-order valence-electron chi connectivity index (χ2n) is 9.56. The standard InChI is InChI=1S/C29H38N2O5/c1-34-27-11-9-24(19-28(27)35-2)22-13-17-30(18-14-22)20-25(32)21-36-26-8-4-3-7-23(26)10-12-29(33)31-15-5-6-16-31/h3-4,7-12,19,22,25,32H,5-6,13-18,20-21H2,1-2H3. The van der Waals surface area contributed by atoms with Crippen LogP contribution in [0.1, 0.15) is 42.7 Å². The van der Waals surface area contributed by atoms with Crippen LogP contribution in [0.2, 0.25) is 0 Å². The summed E-state index contributed by atoms with van der Waals surface area (Å²) >= 11 is 0. The fourth-order valence-corrected chi connectivity index (χ4v) is 5.05. The summed E-state index contributed by atoms with van der Waals surface area (Å²) in [6, 6.07) is 13.8. The van der Waals surface area contributed by atoms with Gasteiger partial charge in [0.05, 0.1) is 14.2 Å². The number of piperidine rings is 1. The van der Waals surface area contributed by atoms with Crippen molar-refractivity contribution in [1.29, 1.82) is 0 Å². The van der Waals surface area contributed by atoms with Gasteiger partial charge in [-0.25, -0.2) is 0 Å². The van der Waals surface area contributed by atoms with Crippen LogP contribution in [0, 0.1) is 0 Å². The number of para-hydroxylation sites is 1. The highest BCUT2D eigenvalue weighted by Gasteiger charge is 2.23. The van der Waals surface area contributed by atoms with E-state index in [1.807, 2.05) is 35.2 Å². The maximum atomic E-state index is 12.3. The van der Waals surface area contributed by atoms with E-state index in [1.165, 1.54) is 5.56 Å². The van der Waals surface area contributed by atoms with Gasteiger partial charge >= 0.3 is 0 Å². The minimum atomic E-state index is -0.592. The molecule has 0 bridgehead atoms. The zero-order valence-electron chi connectivity index (χ0n) is 21.4. The summed E-state index contributed by atoms with van der Waals surface area (Å²) in [5.74, 6) is 2.70. The molecule has 194 valence electrons. The first kappa shape index (κ1) is 26.0. The Balaban J connectivity index is 1.24. The Morgan fingerprint density at radius 3 is 2.44 bits per heavy atom. The summed E-state index contributed by atoms with van der Waals surface area (Å²) in [6.07, 6.45) is 7.04. The molecular weight excluding hydrogens is 456 g/mol. The van der Waals surface area contributed by atoms with E-state index in [4.69, 9.17) is 14.2 Å². The molecule has 1 unspecified atom stereocenters. The molecule has 36 heavy (non-hydrogen) atoms. The van der Waals surface area contributed by atoms with Crippen molar-refractivity contribution >= 4 is 12.0 Å². The van der Waals surface area contributed by atoms with Crippen LogP contribution in [0.15, 0.2) is 48.5 Å². The topological polar surface area (TPSA) is 71.5 Å². The number of hydrogen-bond acceptors (Lipinski definition) is 6. The Morgan fingerprint density at radius 2 is 1.72 bits per heavy atom. The molecule has 2 fully saturated rings. The molecule has 7 heteroatoms. The molecule has 1 atom stereocenters. The van der Waals surface area contributed by atoms with E-state index >= 15 is 0 Å². The maximum Gasteiger partial charge on any atom is 0.246 e. The molecule has 2 saturated heterocycles. The minimum absolute atomic E-state index is 0.0406. The zero-order chi connectivity index (χ0) is 25.3. The van der Waals surface area contributed by atoms with Crippen LogP contribution in [-0.4, -0.2) is 80.5 Å². The molecular formula is C29H38N2O5. The van der Waals surface area contributed by atoms with Gasteiger partial charge in [0.1, 0.15) is 18.5 Å². The van der Waals surface area contributed by atoms with Crippen molar-refractivity contribution < 1.29 is 24.1 Å². The number of carbonyl (C=O) groups is 1. The number of hydrogen-bond donors (Lipinski definition) is 1. The van der Waals surface area contributed by atoms with E-state index in [9.17, 15) is 9.90 Å². The Hall–Kier alpha value is -3.03. The van der Waals surface area contributed by atoms with Crippen LogP contribution in [0.25, 0.3) is 6.08 Å². The molecule has 2 aromatic rings. The second kappa shape index (κ2) is 12.8. The summed E-state index contributed by atoms with van der Waals surface area (Å²) < 4.78 is 16.8. The Labute approximate surface area is 214 Å². The van der Waals surface area contributed by atoms with Crippen LogP contribution in [0.5, 0.6) is 17.2 Å². The summed E-state index contributed by atoms with van der Waals surface area (Å²) in [5, 5.41) is 10.6. The van der Waals surface area contributed by atoms with Gasteiger partial charge in [0.25, 0.3) is 0 Å². The average molecular weight is 495 g/mol. The highest BCUT2D eigenvalue weighted by molar-refractivity contribution is 5.92. The largest absolute Gasteiger partial charge is 0.493 e. The molecule has 2 aliphatic heterocycles. The van der Waals surface area contributed by atoms with Gasteiger partial charge in [-0.05, 0) is 74.5 Å². The predicted octanol–water partition coefficient (Wildman–Crippen LogP) is 3.96. The number of amides is 1. The van der Waals surface area contributed by atoms with E-state index in [-0.39, 0.29) is 12.5 Å². The van der Waals surface area contributed by atoms with Gasteiger partial charge < -0.3 is 29.1 Å². The molecule has 4 rings (SSSR count). The van der Waals surface area contributed by atoms with Crippen LogP contribution in [-0.2, 0) is 4.79 Å². The molecule has 0 saturated carbocycles. The predicted molar refractivity (Wildman–Crippen MR) is 141 cm³/mol. The lowest BCUT2D eigenvalue weighted by atomic mass is 9.89. The summed E-state index contributed by atoms with van der Waals surface area (Å²) in [6.45, 7) is 4.30. The summed E-state index contributed by atoms with van der Waals surface area (Å²) in [7, 11) is 3.31. The molecule has 0 radical (unpaired) electrons. The molecule has 2 heterocycles. The summed E-state index contributed by atoms with van der Waals surface area (Å²) in [5.41, 5.74) is 2.11. The number of carbonyl (C=O) groups excluding carboxylic acids is 1. The molecule has 0 spiro atoms. The van der Waals surface area contributed by atoms with E-state index in [0.29, 0.717) is 18.2 Å². The quantitative estimate of drug-likeness (QED) is 0.504. The number of rotatable bonds is 10. The highest BCUT2D eigenvalue weighted by Crippen LogP contribution is 2.34. The lowest BCUT2D eigenvalue weighted by Crippen LogP contribution is -2.40. The fourth-order valence-electron chi connectivity index (χ4n) is 5.05. The number of likely N-dealkylation sites (tertiary alicyclic amines) is 2. The van der Waals surface area contributed by atoms with Crippen LogP contribution >= 0.6 is 0 Å². The third-order valence-corrected chi connectivity index (χ3v) is 7.11. The third kappa shape index (κ3) is 6.80. The number of methoxy groups -OCH3 is 2. The van der Waals surface area contributed by atoms with Crippen molar-refractivity contribution in [2.45, 2.75) is 37.7 Å². The van der Waals surface area contributed by atoms with Crippen molar-refractivity contribution in [2.24, 2.45) is 0 Å². The lowest BCUT2D eigenvalue weighted by molar-refractivity contribution is -0.124. The smallest absolute Gasteiger partial charge is 0.246 e. The number of benzene rings is 2. The Bertz CT molecular complexity index is 1030. The molecule has 0 aromatic heterocycles. The maximum absolute atomic E-state index is 12.3. The molecule has 1 amide bonds. The van der Waals surface area contributed by atoms with Crippen LogP contribution in [0.4, 0.5) is 0 Å². The van der Waals surface area contributed by atoms with Crippen LogP contribution in [0.3, 0.4) is 0 Å². The van der Waals surface area contributed by atoms with E-state index < -0.39 is 6.10 Å². The van der Waals surface area contributed by atoms with Gasteiger partial charge in [-0.2, -0.15) is 0 Å². The second-order valence-corrected chi connectivity index (χ2v) is 9.56. The monoisotopic (exact) mass is 494 g/mol. The van der Waals surface area contributed by atoms with Gasteiger partial charge in [-0.3, -0.25) is 4.79 Å². The lowest BCUT2D eigenvalue weighted by Gasteiger charge is -2.33. The van der Waals surface area contributed by atoms with Crippen molar-refractivity contribution in [1.82, 2.24) is 9.80 Å². The average Bonchev–Trinajstić information content (AvgIpc) is 3.46.